The summed E-state index contributed by atoms with van der Waals surface area (Å²) in [7, 11) is 0. The normalized spacial score (nSPS) is 10.4. The zero-order valence-electron chi connectivity index (χ0n) is 5.60. The Hall–Kier alpha value is 0.610. The van der Waals surface area contributed by atoms with Crippen molar-refractivity contribution in [2.75, 3.05) is 0 Å². The molecular formula is C6H3Cl4OP. The van der Waals surface area contributed by atoms with Crippen molar-refractivity contribution in [3.8, 4) is 5.75 Å². The quantitative estimate of drug-likeness (QED) is 0.677. The van der Waals surface area contributed by atoms with Gasteiger partial charge in [-0.25, -0.2) is 0 Å². The summed E-state index contributed by atoms with van der Waals surface area (Å²) in [5, 5.41) is 0.942. The first-order valence-electron chi connectivity index (χ1n) is 2.84. The average molecular weight is 264 g/mol. The highest BCUT2D eigenvalue weighted by molar-refractivity contribution is 8.00. The lowest BCUT2D eigenvalue weighted by Gasteiger charge is -2.06. The second-order valence-corrected chi connectivity index (χ2v) is 5.66. The zero-order valence-corrected chi connectivity index (χ0v) is 9.52. The largest absolute Gasteiger partial charge is 0.443 e. The summed E-state index contributed by atoms with van der Waals surface area (Å²) in [6.07, 6.45) is 0. The highest BCUT2D eigenvalue weighted by Crippen LogP contribution is 2.49. The van der Waals surface area contributed by atoms with Crippen LogP contribution >= 0.6 is 52.5 Å². The highest BCUT2D eigenvalue weighted by Gasteiger charge is 2.06. The molecule has 66 valence electrons. The van der Waals surface area contributed by atoms with Gasteiger partial charge in [-0.3, -0.25) is 0 Å². The fraction of sp³-hybridized carbons (Fsp3) is 0. The van der Waals surface area contributed by atoms with Crippen LogP contribution in [-0.4, -0.2) is 0 Å². The maximum absolute atomic E-state index is 5.76. The summed E-state index contributed by atoms with van der Waals surface area (Å²) >= 11 is 22.3. The van der Waals surface area contributed by atoms with Gasteiger partial charge >= 0.3 is 0 Å². The lowest BCUT2D eigenvalue weighted by Crippen LogP contribution is -1.79. The van der Waals surface area contributed by atoms with Gasteiger partial charge in [-0.15, -0.1) is 0 Å². The van der Waals surface area contributed by atoms with Crippen LogP contribution in [0.2, 0.25) is 10.0 Å². The fourth-order valence-electron chi connectivity index (χ4n) is 0.624. The molecule has 0 spiro atoms. The van der Waals surface area contributed by atoms with Crippen LogP contribution in [0.25, 0.3) is 0 Å². The molecule has 1 nitrogen and oxygen atoms in total. The zero-order chi connectivity index (χ0) is 9.14. The van der Waals surface area contributed by atoms with E-state index >= 15 is 0 Å². The Kier molecular flexibility index (Phi) is 4.22. The van der Waals surface area contributed by atoms with Gasteiger partial charge in [0.05, 0.1) is 5.02 Å². The molecule has 1 rings (SSSR count). The Morgan fingerprint density at radius 3 is 2.33 bits per heavy atom. The molecule has 0 atom stereocenters. The van der Waals surface area contributed by atoms with Crippen LogP contribution in [0.5, 0.6) is 5.75 Å². The molecule has 0 bridgehead atoms. The Morgan fingerprint density at radius 1 is 1.17 bits per heavy atom. The summed E-state index contributed by atoms with van der Waals surface area (Å²) in [4.78, 5) is 0. The molecule has 0 saturated carbocycles. The minimum Gasteiger partial charge on any atom is -0.443 e. The van der Waals surface area contributed by atoms with Crippen LogP contribution in [0.4, 0.5) is 0 Å². The van der Waals surface area contributed by atoms with E-state index in [1.807, 2.05) is 0 Å². The molecular weight excluding hydrogens is 261 g/mol. The maximum Gasteiger partial charge on any atom is 0.284 e. The molecule has 0 radical (unpaired) electrons. The molecule has 0 unspecified atom stereocenters. The van der Waals surface area contributed by atoms with Crippen LogP contribution in [-0.2, 0) is 0 Å². The molecule has 0 N–H and O–H groups in total. The predicted octanol–water partition coefficient (Wildman–Crippen LogP) is 5.08. The van der Waals surface area contributed by atoms with Gasteiger partial charge in [-0.05, 0) is 40.7 Å². The highest BCUT2D eigenvalue weighted by atomic mass is 35.9. The summed E-state index contributed by atoms with van der Waals surface area (Å²) < 4.78 is 5.01. The van der Waals surface area contributed by atoms with Crippen molar-refractivity contribution < 1.29 is 4.52 Å². The first-order chi connectivity index (χ1) is 5.59. The van der Waals surface area contributed by atoms with Crippen LogP contribution in [0.1, 0.15) is 0 Å². The maximum atomic E-state index is 5.76. The number of hydrogen-bond donors (Lipinski definition) is 0. The number of benzene rings is 1. The summed E-state index contributed by atoms with van der Waals surface area (Å²) in [5.74, 6) is 0.442. The Labute approximate surface area is 90.9 Å². The van der Waals surface area contributed by atoms with Crippen molar-refractivity contribution >= 4 is 52.5 Å². The van der Waals surface area contributed by atoms with E-state index in [2.05, 4.69) is 0 Å². The molecule has 0 amide bonds. The smallest absolute Gasteiger partial charge is 0.284 e. The van der Waals surface area contributed by atoms with Gasteiger partial charge in [-0.1, -0.05) is 23.2 Å². The minimum absolute atomic E-state index is 0.399. The lowest BCUT2D eigenvalue weighted by molar-refractivity contribution is 0.638. The molecule has 12 heavy (non-hydrogen) atoms. The Balaban J connectivity index is 2.86. The minimum atomic E-state index is -1.49. The van der Waals surface area contributed by atoms with Gasteiger partial charge in [0.15, 0.2) is 0 Å². The molecule has 0 fully saturated rings. The molecule has 0 aliphatic rings. The number of rotatable bonds is 2. The van der Waals surface area contributed by atoms with Crippen LogP contribution in [0, 0.1) is 0 Å². The van der Waals surface area contributed by atoms with E-state index in [1.165, 1.54) is 0 Å². The standard InChI is InChI=1S/C6H3Cl4OP/c7-4-1-2-6(5(8)3-4)11-12(9)10/h1-3H. The average Bonchev–Trinajstić information content (AvgIpc) is 1.94. The van der Waals surface area contributed by atoms with Crippen LogP contribution in [0.15, 0.2) is 18.2 Å². The molecule has 0 saturated heterocycles. The SMILES string of the molecule is Clc1ccc(OP(Cl)Cl)c(Cl)c1. The first kappa shape index (κ1) is 10.7. The predicted molar refractivity (Wildman–Crippen MR) is 55.7 cm³/mol. The van der Waals surface area contributed by atoms with E-state index in [1.54, 1.807) is 18.2 Å². The molecule has 0 aromatic heterocycles. The van der Waals surface area contributed by atoms with Crippen molar-refractivity contribution in [1.29, 1.82) is 0 Å². The molecule has 1 aromatic carbocycles. The third kappa shape index (κ3) is 3.16. The van der Waals surface area contributed by atoms with Crippen molar-refractivity contribution in [1.82, 2.24) is 0 Å². The van der Waals surface area contributed by atoms with E-state index in [0.29, 0.717) is 15.8 Å². The first-order valence-corrected chi connectivity index (χ1v) is 6.67. The Morgan fingerprint density at radius 2 is 1.83 bits per heavy atom. The third-order valence-electron chi connectivity index (χ3n) is 1.06. The summed E-state index contributed by atoms with van der Waals surface area (Å²) in [6.45, 7) is -1.49. The molecule has 1 aromatic rings. The van der Waals surface area contributed by atoms with Crippen molar-refractivity contribution in [2.24, 2.45) is 0 Å². The second kappa shape index (κ2) is 4.74. The van der Waals surface area contributed by atoms with E-state index in [9.17, 15) is 0 Å². The van der Waals surface area contributed by atoms with Gasteiger partial charge in [0, 0.05) is 5.02 Å². The lowest BCUT2D eigenvalue weighted by atomic mass is 10.3. The van der Waals surface area contributed by atoms with E-state index < -0.39 is 6.85 Å². The molecule has 6 heteroatoms. The van der Waals surface area contributed by atoms with E-state index in [-0.39, 0.29) is 0 Å². The monoisotopic (exact) mass is 262 g/mol. The molecule has 0 heterocycles. The van der Waals surface area contributed by atoms with Crippen molar-refractivity contribution in [3.63, 3.8) is 0 Å². The molecule has 0 aliphatic heterocycles. The van der Waals surface area contributed by atoms with Gasteiger partial charge in [0.2, 0.25) is 0 Å². The van der Waals surface area contributed by atoms with Crippen LogP contribution < -0.4 is 4.52 Å². The van der Waals surface area contributed by atoms with Gasteiger partial charge < -0.3 is 4.52 Å². The van der Waals surface area contributed by atoms with E-state index in [0.717, 1.165) is 0 Å². The summed E-state index contributed by atoms with van der Waals surface area (Å²) in [6, 6.07) is 4.82. The van der Waals surface area contributed by atoms with Crippen molar-refractivity contribution in [3.05, 3.63) is 28.2 Å². The van der Waals surface area contributed by atoms with Crippen LogP contribution in [0.3, 0.4) is 0 Å². The topological polar surface area (TPSA) is 9.23 Å². The molecule has 0 aliphatic carbocycles. The summed E-state index contributed by atoms with van der Waals surface area (Å²) in [5.41, 5.74) is 0. The Bertz CT molecular complexity index is 278. The second-order valence-electron chi connectivity index (χ2n) is 1.87. The number of halogens is 4. The van der Waals surface area contributed by atoms with Gasteiger partial charge in [0.25, 0.3) is 6.85 Å². The van der Waals surface area contributed by atoms with Gasteiger partial charge in [0.1, 0.15) is 5.75 Å². The number of hydrogen-bond acceptors (Lipinski definition) is 1. The van der Waals surface area contributed by atoms with E-state index in [4.69, 9.17) is 50.2 Å². The van der Waals surface area contributed by atoms with Crippen molar-refractivity contribution in [2.45, 2.75) is 0 Å². The fourth-order valence-corrected chi connectivity index (χ4v) is 1.88. The van der Waals surface area contributed by atoms with Gasteiger partial charge in [-0.2, -0.15) is 0 Å². The third-order valence-corrected chi connectivity index (χ3v) is 2.34.